The number of amides is 1. The van der Waals surface area contributed by atoms with E-state index >= 15 is 0 Å². The van der Waals surface area contributed by atoms with Gasteiger partial charge in [0.25, 0.3) is 0 Å². The number of ether oxygens (including phenoxy) is 2. The lowest BCUT2D eigenvalue weighted by atomic mass is 9.94. The molecular formula is C15H18N2O5. The second-order valence-corrected chi connectivity index (χ2v) is 5.31. The summed E-state index contributed by atoms with van der Waals surface area (Å²) in [5.74, 6) is -0.726. The van der Waals surface area contributed by atoms with E-state index in [0.717, 1.165) is 5.69 Å². The highest BCUT2D eigenvalue weighted by Gasteiger charge is 2.35. The number of fused-ring (bicyclic) bond motifs is 1. The van der Waals surface area contributed by atoms with Crippen molar-refractivity contribution in [3.8, 4) is 0 Å². The van der Waals surface area contributed by atoms with E-state index in [2.05, 4.69) is 0 Å². The number of hydrogen-bond acceptors (Lipinski definition) is 5. The van der Waals surface area contributed by atoms with Crippen LogP contribution in [0.25, 0.3) is 0 Å². The molecule has 0 unspecified atom stereocenters. The van der Waals surface area contributed by atoms with E-state index < -0.39 is 11.9 Å². The van der Waals surface area contributed by atoms with E-state index in [4.69, 9.17) is 15.2 Å². The highest BCUT2D eigenvalue weighted by atomic mass is 16.5. The van der Waals surface area contributed by atoms with Gasteiger partial charge in [0.15, 0.2) is 5.76 Å². The van der Waals surface area contributed by atoms with Gasteiger partial charge >= 0.3 is 6.09 Å². The zero-order valence-corrected chi connectivity index (χ0v) is 12.9. The third-order valence-corrected chi connectivity index (χ3v) is 3.62. The summed E-state index contributed by atoms with van der Waals surface area (Å²) in [6, 6.07) is 0. The maximum absolute atomic E-state index is 12.5. The van der Waals surface area contributed by atoms with Crippen molar-refractivity contribution in [1.29, 1.82) is 0 Å². The molecule has 7 nitrogen and oxygen atoms in total. The van der Waals surface area contributed by atoms with E-state index in [1.165, 1.54) is 13.2 Å². The average Bonchev–Trinajstić information content (AvgIpc) is 2.74. The molecule has 22 heavy (non-hydrogen) atoms. The summed E-state index contributed by atoms with van der Waals surface area (Å²) in [6.45, 7) is 3.68. The number of ketones is 2. The molecule has 1 aromatic rings. The van der Waals surface area contributed by atoms with Crippen LogP contribution < -0.4 is 5.73 Å². The lowest BCUT2D eigenvalue weighted by molar-refractivity contribution is 0.0910. The van der Waals surface area contributed by atoms with Crippen LogP contribution in [0.1, 0.15) is 51.9 Å². The summed E-state index contributed by atoms with van der Waals surface area (Å²) in [7, 11) is 3.03. The first-order valence-corrected chi connectivity index (χ1v) is 6.77. The van der Waals surface area contributed by atoms with Gasteiger partial charge in [-0.3, -0.25) is 9.59 Å². The lowest BCUT2D eigenvalue weighted by Gasteiger charge is -2.13. The normalized spacial score (nSPS) is 14.0. The highest BCUT2D eigenvalue weighted by Crippen LogP contribution is 2.33. The van der Waals surface area contributed by atoms with E-state index in [9.17, 15) is 14.4 Å². The van der Waals surface area contributed by atoms with Crippen LogP contribution in [0.5, 0.6) is 0 Å². The molecule has 118 valence electrons. The summed E-state index contributed by atoms with van der Waals surface area (Å²) in [4.78, 5) is 35.7. The van der Waals surface area contributed by atoms with Crippen LogP contribution in [0.15, 0.2) is 11.8 Å². The molecule has 0 saturated heterocycles. The Morgan fingerprint density at radius 2 is 2.00 bits per heavy atom. The largest absolute Gasteiger partial charge is 0.492 e. The van der Waals surface area contributed by atoms with Crippen molar-refractivity contribution in [1.82, 2.24) is 4.57 Å². The molecule has 0 aliphatic heterocycles. The molecule has 1 amide bonds. The van der Waals surface area contributed by atoms with E-state index in [-0.39, 0.29) is 35.3 Å². The molecule has 1 aromatic heterocycles. The van der Waals surface area contributed by atoms with Crippen molar-refractivity contribution >= 4 is 17.7 Å². The van der Waals surface area contributed by atoms with Crippen LogP contribution in [-0.2, 0) is 23.1 Å². The van der Waals surface area contributed by atoms with E-state index in [1.54, 1.807) is 11.6 Å². The van der Waals surface area contributed by atoms with Gasteiger partial charge in [-0.25, -0.2) is 4.79 Å². The number of aromatic nitrogens is 1. The predicted molar refractivity (Wildman–Crippen MR) is 77.6 cm³/mol. The number of primary amides is 1. The fourth-order valence-corrected chi connectivity index (χ4v) is 2.85. The minimum Gasteiger partial charge on any atom is -0.492 e. The Bertz CT molecular complexity index is 697. The first-order valence-electron chi connectivity index (χ1n) is 6.77. The number of hydrogen-bond donors (Lipinski definition) is 1. The van der Waals surface area contributed by atoms with Crippen LogP contribution in [0.2, 0.25) is 0 Å². The SMILES string of the molecule is COC1=CC(=O)c2c(c(COC(N)=O)c(C(C)C)n2C)C1=O. The number of carbonyl (C=O) groups is 3. The molecule has 1 heterocycles. The number of carbonyl (C=O) groups excluding carboxylic acids is 3. The summed E-state index contributed by atoms with van der Waals surface area (Å²) in [6.07, 6.45) is 0.234. The number of allylic oxidation sites excluding steroid dienone is 2. The maximum Gasteiger partial charge on any atom is 0.404 e. The molecule has 0 atom stereocenters. The fourth-order valence-electron chi connectivity index (χ4n) is 2.85. The first-order chi connectivity index (χ1) is 10.3. The smallest absolute Gasteiger partial charge is 0.404 e. The Balaban J connectivity index is 2.68. The molecule has 0 fully saturated rings. The van der Waals surface area contributed by atoms with Crippen molar-refractivity contribution in [3.05, 3.63) is 34.3 Å². The molecule has 1 aliphatic rings. The first kappa shape index (κ1) is 15.8. The summed E-state index contributed by atoms with van der Waals surface area (Å²) < 4.78 is 11.5. The van der Waals surface area contributed by atoms with Gasteiger partial charge in [0.05, 0.1) is 12.7 Å². The summed E-state index contributed by atoms with van der Waals surface area (Å²) in [5, 5.41) is 0. The predicted octanol–water partition coefficient (Wildman–Crippen LogP) is 1.65. The molecule has 0 spiro atoms. The van der Waals surface area contributed by atoms with Gasteiger partial charge in [-0.05, 0) is 5.92 Å². The second-order valence-electron chi connectivity index (χ2n) is 5.31. The monoisotopic (exact) mass is 306 g/mol. The molecule has 2 N–H and O–H groups in total. The second kappa shape index (κ2) is 5.67. The van der Waals surface area contributed by atoms with Gasteiger partial charge in [-0.15, -0.1) is 0 Å². The topological polar surface area (TPSA) is 101 Å². The molecule has 2 rings (SSSR count). The summed E-state index contributed by atoms with van der Waals surface area (Å²) in [5.41, 5.74) is 6.75. The van der Waals surface area contributed by atoms with Gasteiger partial charge in [-0.1, -0.05) is 13.8 Å². The Labute approximate surface area is 127 Å². The third-order valence-electron chi connectivity index (χ3n) is 3.62. The van der Waals surface area contributed by atoms with Gasteiger partial charge in [0.2, 0.25) is 11.6 Å². The van der Waals surface area contributed by atoms with Crippen molar-refractivity contribution < 1.29 is 23.9 Å². The summed E-state index contributed by atoms with van der Waals surface area (Å²) >= 11 is 0. The number of nitrogens with zero attached hydrogens (tertiary/aromatic N) is 1. The Hall–Kier alpha value is -2.57. The number of nitrogens with two attached hydrogens (primary N) is 1. The molecule has 1 aliphatic carbocycles. The highest BCUT2D eigenvalue weighted by molar-refractivity contribution is 6.24. The number of Topliss-reactive ketones (excluding diaryl/α,β-unsaturated/α-hetero) is 1. The van der Waals surface area contributed by atoms with Crippen LogP contribution in [-0.4, -0.2) is 29.3 Å². The minimum atomic E-state index is -0.940. The zero-order valence-electron chi connectivity index (χ0n) is 12.9. The quantitative estimate of drug-likeness (QED) is 0.911. The van der Waals surface area contributed by atoms with Crippen LogP contribution >= 0.6 is 0 Å². The number of rotatable bonds is 4. The van der Waals surface area contributed by atoms with E-state index in [1.807, 2.05) is 13.8 Å². The fraction of sp³-hybridized carbons (Fsp3) is 0.400. The van der Waals surface area contributed by atoms with Crippen molar-refractivity contribution in [2.24, 2.45) is 12.8 Å². The minimum absolute atomic E-state index is 0.0219. The Morgan fingerprint density at radius 3 is 2.50 bits per heavy atom. The van der Waals surface area contributed by atoms with Gasteiger partial charge in [-0.2, -0.15) is 0 Å². The maximum atomic E-state index is 12.5. The van der Waals surface area contributed by atoms with Crippen LogP contribution in [0.4, 0.5) is 4.79 Å². The zero-order chi connectivity index (χ0) is 16.6. The molecule has 0 radical (unpaired) electrons. The third kappa shape index (κ3) is 2.38. The molecular weight excluding hydrogens is 288 g/mol. The van der Waals surface area contributed by atoms with E-state index in [0.29, 0.717) is 5.56 Å². The van der Waals surface area contributed by atoms with Gasteiger partial charge in [0, 0.05) is 24.4 Å². The van der Waals surface area contributed by atoms with Crippen molar-refractivity contribution in [2.45, 2.75) is 26.4 Å². The van der Waals surface area contributed by atoms with Gasteiger partial charge in [0.1, 0.15) is 12.3 Å². The number of methoxy groups -OCH3 is 1. The average molecular weight is 306 g/mol. The standard InChI is InChI=1S/C15H18N2O5/c1-7(2)12-8(6-22-15(16)20)11-13(17(12)3)9(18)5-10(21-4)14(11)19/h5,7H,6H2,1-4H3,(H2,16,20). The van der Waals surface area contributed by atoms with Crippen molar-refractivity contribution in [2.75, 3.05) is 7.11 Å². The lowest BCUT2D eigenvalue weighted by Crippen LogP contribution is -2.20. The molecule has 7 heteroatoms. The Morgan fingerprint density at radius 1 is 1.36 bits per heavy atom. The molecule has 0 bridgehead atoms. The Kier molecular flexibility index (Phi) is 4.07. The van der Waals surface area contributed by atoms with Crippen molar-refractivity contribution in [3.63, 3.8) is 0 Å². The molecule has 0 saturated carbocycles. The van der Waals surface area contributed by atoms with Crippen LogP contribution in [0.3, 0.4) is 0 Å². The molecule has 0 aromatic carbocycles. The van der Waals surface area contributed by atoms with Gasteiger partial charge < -0.3 is 19.8 Å². The van der Waals surface area contributed by atoms with Crippen LogP contribution in [0, 0.1) is 0 Å².